The van der Waals surface area contributed by atoms with E-state index in [1.54, 1.807) is 54.6 Å². The molecule has 10 nitrogen and oxygen atoms in total. The number of para-hydroxylation sites is 4. The molecule has 0 saturated heterocycles. The van der Waals surface area contributed by atoms with Crippen molar-refractivity contribution in [1.29, 1.82) is 15.8 Å². The van der Waals surface area contributed by atoms with Crippen LogP contribution in [0.25, 0.3) is 175 Å². The highest BCUT2D eigenvalue weighted by atomic mass is 28.3. The van der Waals surface area contributed by atoms with Crippen molar-refractivity contribution in [2.45, 2.75) is 19.3 Å². The first-order valence-corrected chi connectivity index (χ1v) is 42.4. The molecule has 0 N–H and O–H groups in total. The lowest BCUT2D eigenvalue weighted by Gasteiger charge is -2.31. The molecule has 0 fully saturated rings. The van der Waals surface area contributed by atoms with Gasteiger partial charge in [-0.15, -0.1) is 0 Å². The van der Waals surface area contributed by atoms with Crippen molar-refractivity contribution >= 4 is 133 Å². The largest absolute Gasteiger partial charge is 0.456 e. The third-order valence-electron chi connectivity index (χ3n) is 24.9. The summed E-state index contributed by atoms with van der Waals surface area (Å²) in [5, 5.41) is 44.0. The molecule has 4 aromatic heterocycles. The van der Waals surface area contributed by atoms with Crippen LogP contribution in [-0.2, 0) is 5.41 Å². The monoisotopic (exact) mass is 1570 g/mol. The van der Waals surface area contributed by atoms with Gasteiger partial charge in [-0.2, -0.15) is 15.8 Å². The van der Waals surface area contributed by atoms with E-state index in [2.05, 4.69) is 309 Å². The lowest BCUT2D eigenvalue weighted by atomic mass is 9.82. The van der Waals surface area contributed by atoms with Crippen molar-refractivity contribution in [2.24, 2.45) is 0 Å². The fourth-order valence-electron chi connectivity index (χ4n) is 19.8. The molecular weight excluding hydrogens is 1500 g/mol. The minimum atomic E-state index is -2.58. The molecular formula is C111H67N9OSi. The zero-order chi connectivity index (χ0) is 82.5. The molecule has 0 saturated carbocycles. The van der Waals surface area contributed by atoms with Crippen LogP contribution in [0.5, 0.6) is 0 Å². The first kappa shape index (κ1) is 72.8. The van der Waals surface area contributed by atoms with Crippen molar-refractivity contribution in [2.75, 3.05) is 0 Å². The van der Waals surface area contributed by atoms with Gasteiger partial charge in [0.2, 0.25) is 0 Å². The summed E-state index contributed by atoms with van der Waals surface area (Å²) in [6, 6.07) is 135. The molecule has 122 heavy (non-hydrogen) atoms. The van der Waals surface area contributed by atoms with Crippen molar-refractivity contribution in [3.05, 3.63) is 432 Å². The normalized spacial score (nSPS) is 12.4. The summed E-state index contributed by atoms with van der Waals surface area (Å²) in [6.45, 7) is 28.0. The van der Waals surface area contributed by atoms with E-state index >= 15 is 0 Å². The van der Waals surface area contributed by atoms with Crippen LogP contribution in [-0.4, -0.2) is 21.8 Å². The highest BCUT2D eigenvalue weighted by molar-refractivity contribution is 7.22. The number of furan rings is 1. The van der Waals surface area contributed by atoms with Crippen molar-refractivity contribution in [3.8, 4) is 90.9 Å². The second-order valence-corrected chi connectivity index (χ2v) is 35.1. The summed E-state index contributed by atoms with van der Waals surface area (Å²) in [5.74, 6) is 0. The van der Waals surface area contributed by atoms with Gasteiger partial charge in [-0.25, -0.2) is 14.5 Å². The van der Waals surface area contributed by atoms with E-state index in [-0.39, 0.29) is 5.41 Å². The number of fused-ring (bicyclic) bond motifs is 18. The van der Waals surface area contributed by atoms with Crippen molar-refractivity contribution in [1.82, 2.24) is 13.7 Å². The number of benzene rings is 17. The predicted molar refractivity (Wildman–Crippen MR) is 499 cm³/mol. The van der Waals surface area contributed by atoms with Crippen LogP contribution in [0, 0.1) is 53.7 Å². The Hall–Kier alpha value is -16.9. The van der Waals surface area contributed by atoms with Gasteiger partial charge in [-0.3, -0.25) is 0 Å². The average Bonchev–Trinajstić information content (AvgIpc) is 1.53. The number of aromatic nitrogens is 3. The van der Waals surface area contributed by atoms with Crippen LogP contribution in [0.4, 0.5) is 17.1 Å². The molecule has 5 heterocycles. The Balaban J connectivity index is 0.000000114. The van der Waals surface area contributed by atoms with Crippen molar-refractivity contribution in [3.63, 3.8) is 0 Å². The molecule has 0 atom stereocenters. The Bertz CT molecular complexity index is 8140. The van der Waals surface area contributed by atoms with Crippen LogP contribution in [0.2, 0.25) is 0 Å². The molecule has 23 rings (SSSR count). The van der Waals surface area contributed by atoms with Gasteiger partial charge in [0.05, 0.1) is 71.0 Å². The summed E-state index contributed by atoms with van der Waals surface area (Å²) >= 11 is 0. The summed E-state index contributed by atoms with van der Waals surface area (Å²) in [4.78, 5) is 11.3. The Morgan fingerprint density at radius 3 is 1.12 bits per heavy atom. The molecule has 0 radical (unpaired) electrons. The molecule has 21 aromatic rings. The maximum atomic E-state index is 10.1. The molecule has 0 unspecified atom stereocenters. The molecule has 1 aliphatic carbocycles. The zero-order valence-electron chi connectivity index (χ0n) is 66.2. The van der Waals surface area contributed by atoms with Crippen LogP contribution >= 0.6 is 0 Å². The number of hydrogen-bond donors (Lipinski definition) is 0. The second-order valence-electron chi connectivity index (χ2n) is 31.4. The fourth-order valence-corrected chi connectivity index (χ4v) is 25.0. The Morgan fingerprint density at radius 1 is 0.287 bits per heavy atom. The van der Waals surface area contributed by atoms with E-state index in [0.717, 1.165) is 121 Å². The number of nitrogens with zero attached hydrogens (tertiary/aromatic N) is 9. The highest BCUT2D eigenvalue weighted by Gasteiger charge is 2.49. The lowest BCUT2D eigenvalue weighted by Crippen LogP contribution is -2.72. The van der Waals surface area contributed by atoms with Gasteiger partial charge in [0.15, 0.2) is 25.1 Å². The summed E-state index contributed by atoms with van der Waals surface area (Å²) in [5.41, 5.74) is 26.7. The third kappa shape index (κ3) is 11.0. The number of nitriles is 3. The van der Waals surface area contributed by atoms with E-state index in [9.17, 15) is 15.8 Å². The van der Waals surface area contributed by atoms with Gasteiger partial charge in [0.25, 0.3) is 0 Å². The van der Waals surface area contributed by atoms with Gasteiger partial charge < -0.3 is 18.1 Å². The molecule has 17 aromatic carbocycles. The first-order valence-electron chi connectivity index (χ1n) is 40.4. The summed E-state index contributed by atoms with van der Waals surface area (Å²) in [7, 11) is -2.58. The number of rotatable bonds is 8. The molecule has 0 bridgehead atoms. The van der Waals surface area contributed by atoms with E-state index < -0.39 is 8.07 Å². The van der Waals surface area contributed by atoms with Gasteiger partial charge in [0.1, 0.15) is 11.2 Å². The minimum Gasteiger partial charge on any atom is -0.456 e. The first-order chi connectivity index (χ1) is 60.1. The van der Waals surface area contributed by atoms with Gasteiger partial charge >= 0.3 is 0 Å². The topological polar surface area (TPSA) is 112 Å². The molecule has 0 amide bonds. The highest BCUT2D eigenvalue weighted by Crippen LogP contribution is 2.52. The van der Waals surface area contributed by atoms with Gasteiger partial charge in [-0.05, 0) is 168 Å². The average molecular weight is 1570 g/mol. The van der Waals surface area contributed by atoms with E-state index in [4.69, 9.17) is 24.1 Å². The minimum absolute atomic E-state index is 0.0460. The molecule has 2 aliphatic rings. The Kier molecular flexibility index (Phi) is 17.3. The quantitative estimate of drug-likeness (QED) is 0.111. The lowest BCUT2D eigenvalue weighted by molar-refractivity contribution is 0.660. The zero-order valence-corrected chi connectivity index (χ0v) is 67.2. The van der Waals surface area contributed by atoms with Crippen LogP contribution in [0.3, 0.4) is 0 Å². The second kappa shape index (κ2) is 29.1. The van der Waals surface area contributed by atoms with Gasteiger partial charge in [0, 0.05) is 105 Å². The smallest absolute Gasteiger partial charge is 0.196 e. The van der Waals surface area contributed by atoms with Crippen LogP contribution < -0.4 is 20.7 Å². The van der Waals surface area contributed by atoms with E-state index in [0.29, 0.717) is 50.4 Å². The summed E-state index contributed by atoms with van der Waals surface area (Å²) < 4.78 is 13.1. The Morgan fingerprint density at radius 2 is 0.639 bits per heavy atom. The third-order valence-corrected chi connectivity index (χ3v) is 29.8. The summed E-state index contributed by atoms with van der Waals surface area (Å²) in [6.07, 6.45) is 0. The van der Waals surface area contributed by atoms with E-state index in [1.165, 1.54) is 54.1 Å². The SMILES string of the molecule is [C-]#[N+]c1cccc(C#N)c1-c1cccc2c1c1ccccc1n2-c1ccc2c(c1)-c1ccccc1C2(C)C.[C-]#[N+]c1cccc(C#N)c1-c1cccc2c1c1ccccc1n2-c1ccc2c(c1)-c1ccccc1[Si]2(c1ccccc1)c1ccccc1.[C-]#[N+]c1cccc(C#N)c1-c1cccc2c1c1ccccc1n2-c1ccc2c(c1)oc1ccccc12. The number of hydrogen-bond acceptors (Lipinski definition) is 4. The molecule has 566 valence electrons. The van der Waals surface area contributed by atoms with Crippen LogP contribution in [0.15, 0.2) is 374 Å². The van der Waals surface area contributed by atoms with Crippen LogP contribution in [0.1, 0.15) is 41.7 Å². The van der Waals surface area contributed by atoms with Crippen molar-refractivity contribution < 1.29 is 4.42 Å². The standard InChI is InChI=1S/C44H27N3Si.C35H23N3.C32H17N3O/c1-46-38-22-12-14-30(29-45)43(38)36-21-13-24-40-44(36)35-20-8-10-23-39(35)47(40)31-26-27-42-37(28-31)34-19-9-11-25-41(34)48(42,32-15-4-2-5-16-32)33-17-6-3-7-18-33;1-35(2)28-14-6-4-11-24(28)27-20-23(18-19-29(27)35)38-31-16-7-5-12-25(31)34-26(13-9-17-32(34)38)33-22(21-36)10-8-15-30(33)37-3;1-34-26-12-6-8-20(19-33)31(26)25-11-7-14-28-32(25)24-10-2-4-13-27(24)35(28)21-16-17-23-22-9-3-5-15-29(22)36-30(23)18-21/h2-28H;4-20H,1-2H3;2-18H. The Labute approximate surface area is 704 Å². The van der Waals surface area contributed by atoms with Gasteiger partial charge in [-0.1, -0.05) is 281 Å². The molecule has 11 heteroatoms. The fraction of sp³-hybridized carbons (Fsp3) is 0.0270. The molecule has 1 aliphatic heterocycles. The molecule has 0 spiro atoms. The maximum Gasteiger partial charge on any atom is 0.196 e. The maximum absolute atomic E-state index is 10.1. The predicted octanol–water partition coefficient (Wildman–Crippen LogP) is 26.2. The van der Waals surface area contributed by atoms with E-state index in [1.807, 2.05) is 66.7 Å².